The molecule has 1 atom stereocenters. The van der Waals surface area contributed by atoms with E-state index < -0.39 is 6.10 Å². The van der Waals surface area contributed by atoms with Gasteiger partial charge in [0.1, 0.15) is 13.2 Å². The molecule has 0 saturated heterocycles. The first-order valence-corrected chi connectivity index (χ1v) is 27.1. The van der Waals surface area contributed by atoms with Gasteiger partial charge in [0.25, 0.3) is 0 Å². The molecule has 65 heavy (non-hydrogen) atoms. The van der Waals surface area contributed by atoms with Crippen molar-refractivity contribution < 1.29 is 28.6 Å². The summed E-state index contributed by atoms with van der Waals surface area (Å²) in [7, 11) is 0. The molecule has 372 valence electrons. The average Bonchev–Trinajstić information content (AvgIpc) is 3.30. The second-order valence-corrected chi connectivity index (χ2v) is 17.8. The van der Waals surface area contributed by atoms with E-state index in [9.17, 15) is 14.4 Å². The van der Waals surface area contributed by atoms with E-state index in [0.717, 1.165) is 89.9 Å². The van der Waals surface area contributed by atoms with Crippen LogP contribution in [-0.2, 0) is 28.6 Å². The molecular weight excluding hydrogens is 805 g/mol. The van der Waals surface area contributed by atoms with Gasteiger partial charge < -0.3 is 14.2 Å². The van der Waals surface area contributed by atoms with Gasteiger partial charge in [-0.15, -0.1) is 0 Å². The molecule has 0 bridgehead atoms. The molecule has 0 amide bonds. The van der Waals surface area contributed by atoms with Gasteiger partial charge in [0.15, 0.2) is 6.10 Å². The third kappa shape index (κ3) is 51.4. The van der Waals surface area contributed by atoms with Gasteiger partial charge in [0.2, 0.25) is 0 Å². The number of unbranched alkanes of at least 4 members (excludes halogenated alkanes) is 23. The van der Waals surface area contributed by atoms with Gasteiger partial charge in [-0.3, -0.25) is 14.4 Å². The van der Waals surface area contributed by atoms with Crippen LogP contribution in [0.3, 0.4) is 0 Å². The Kier molecular flexibility index (Phi) is 50.4. The van der Waals surface area contributed by atoms with E-state index >= 15 is 0 Å². The predicted molar refractivity (Wildman–Crippen MR) is 279 cm³/mol. The smallest absolute Gasteiger partial charge is 0.306 e. The second kappa shape index (κ2) is 53.2. The Morgan fingerprint density at radius 2 is 0.569 bits per heavy atom. The summed E-state index contributed by atoms with van der Waals surface area (Å²) < 4.78 is 16.8. The topological polar surface area (TPSA) is 78.9 Å². The highest BCUT2D eigenvalue weighted by Gasteiger charge is 2.19. The summed E-state index contributed by atoms with van der Waals surface area (Å²) in [5.74, 6) is -0.975. The first kappa shape index (κ1) is 61.6. The van der Waals surface area contributed by atoms with Crippen LogP contribution in [0.15, 0.2) is 85.1 Å². The monoisotopic (exact) mass is 905 g/mol. The molecule has 0 aliphatic carbocycles. The zero-order valence-electron chi connectivity index (χ0n) is 42.5. The highest BCUT2D eigenvalue weighted by molar-refractivity contribution is 5.71. The van der Waals surface area contributed by atoms with Crippen LogP contribution in [0, 0.1) is 0 Å². The number of esters is 3. The summed E-state index contributed by atoms with van der Waals surface area (Å²) in [5, 5.41) is 0. The Hall–Kier alpha value is -3.41. The van der Waals surface area contributed by atoms with Crippen LogP contribution in [0.2, 0.25) is 0 Å². The number of carbonyl (C=O) groups excluding carboxylic acids is 3. The van der Waals surface area contributed by atoms with Gasteiger partial charge in [-0.05, 0) is 116 Å². The first-order chi connectivity index (χ1) is 32.0. The number of rotatable bonds is 48. The lowest BCUT2D eigenvalue weighted by Gasteiger charge is -2.18. The van der Waals surface area contributed by atoms with E-state index in [2.05, 4.69) is 106 Å². The van der Waals surface area contributed by atoms with Gasteiger partial charge in [0.05, 0.1) is 0 Å². The molecule has 6 heteroatoms. The van der Waals surface area contributed by atoms with Crippen LogP contribution in [-0.4, -0.2) is 37.2 Å². The number of ether oxygens (including phenoxy) is 3. The molecule has 0 radical (unpaired) electrons. The number of hydrogen-bond donors (Lipinski definition) is 0. The molecule has 0 spiro atoms. The van der Waals surface area contributed by atoms with E-state index in [4.69, 9.17) is 14.2 Å². The summed E-state index contributed by atoms with van der Waals surface area (Å²) in [6.07, 6.45) is 68.5. The minimum atomic E-state index is -0.806. The van der Waals surface area contributed by atoms with E-state index in [-0.39, 0.29) is 37.5 Å². The van der Waals surface area contributed by atoms with Crippen molar-refractivity contribution in [2.24, 2.45) is 0 Å². The fourth-order valence-electron chi connectivity index (χ4n) is 7.22. The van der Waals surface area contributed by atoms with Crippen LogP contribution < -0.4 is 0 Å². The summed E-state index contributed by atoms with van der Waals surface area (Å²) >= 11 is 0. The zero-order chi connectivity index (χ0) is 47.2. The summed E-state index contributed by atoms with van der Waals surface area (Å²) in [5.41, 5.74) is 0. The van der Waals surface area contributed by atoms with Gasteiger partial charge >= 0.3 is 17.9 Å². The van der Waals surface area contributed by atoms with Crippen LogP contribution >= 0.6 is 0 Å². The molecule has 0 N–H and O–H groups in total. The fourth-order valence-corrected chi connectivity index (χ4v) is 7.22. The van der Waals surface area contributed by atoms with Crippen molar-refractivity contribution in [1.29, 1.82) is 0 Å². The molecule has 6 nitrogen and oxygen atoms in total. The minimum absolute atomic E-state index is 0.101. The molecule has 0 aromatic carbocycles. The third-order valence-electron chi connectivity index (χ3n) is 11.3. The van der Waals surface area contributed by atoms with Crippen LogP contribution in [0.4, 0.5) is 0 Å². The summed E-state index contributed by atoms with van der Waals surface area (Å²) in [6.45, 7) is 6.51. The molecule has 0 heterocycles. The van der Waals surface area contributed by atoms with Crippen LogP contribution in [0.25, 0.3) is 0 Å². The molecule has 0 saturated carbocycles. The summed E-state index contributed by atoms with van der Waals surface area (Å²) in [4.78, 5) is 38.0. The molecule has 0 aromatic rings. The van der Waals surface area contributed by atoms with Gasteiger partial charge in [0, 0.05) is 19.3 Å². The highest BCUT2D eigenvalue weighted by Crippen LogP contribution is 2.13. The number of allylic oxidation sites excluding steroid dienone is 14. The van der Waals surface area contributed by atoms with Crippen molar-refractivity contribution in [1.82, 2.24) is 0 Å². The van der Waals surface area contributed by atoms with E-state index in [1.54, 1.807) is 0 Å². The molecule has 0 aliphatic rings. The first-order valence-electron chi connectivity index (χ1n) is 27.1. The average molecular weight is 905 g/mol. The molecule has 0 aliphatic heterocycles. The second-order valence-electron chi connectivity index (χ2n) is 17.8. The quantitative estimate of drug-likeness (QED) is 0.0262. The van der Waals surface area contributed by atoms with Crippen LogP contribution in [0.5, 0.6) is 0 Å². The third-order valence-corrected chi connectivity index (χ3v) is 11.3. The lowest BCUT2D eigenvalue weighted by atomic mass is 10.1. The maximum absolute atomic E-state index is 12.8. The maximum Gasteiger partial charge on any atom is 0.306 e. The fraction of sp³-hybridized carbons (Fsp3) is 0.712. The Balaban J connectivity index is 4.49. The minimum Gasteiger partial charge on any atom is -0.462 e. The number of carbonyl (C=O) groups is 3. The SMILES string of the molecule is CCCCC/C=C\C/C=C\C/C=C\C/C=C\CCCC(=O)OC[C@@H](COC(=O)CCCCCCC/C=C\CCCCCC)OC(=O)CCCCCCCCC/C=C\C/C=C\CCCCC. The van der Waals surface area contributed by atoms with Crippen LogP contribution in [0.1, 0.15) is 252 Å². The highest BCUT2D eigenvalue weighted by atomic mass is 16.6. The van der Waals surface area contributed by atoms with E-state index in [0.29, 0.717) is 19.3 Å². The van der Waals surface area contributed by atoms with Gasteiger partial charge in [-0.25, -0.2) is 0 Å². The Labute approximate surface area is 401 Å². The Morgan fingerprint density at radius 3 is 0.969 bits per heavy atom. The molecule has 0 unspecified atom stereocenters. The normalized spacial score (nSPS) is 12.7. The molecule has 0 fully saturated rings. The van der Waals surface area contributed by atoms with Crippen molar-refractivity contribution in [3.63, 3.8) is 0 Å². The van der Waals surface area contributed by atoms with E-state index in [1.165, 1.54) is 116 Å². The Morgan fingerprint density at radius 1 is 0.308 bits per heavy atom. The zero-order valence-corrected chi connectivity index (χ0v) is 42.5. The summed E-state index contributed by atoms with van der Waals surface area (Å²) in [6, 6.07) is 0. The van der Waals surface area contributed by atoms with Crippen molar-refractivity contribution in [2.75, 3.05) is 13.2 Å². The molecule has 0 aromatic heterocycles. The maximum atomic E-state index is 12.8. The largest absolute Gasteiger partial charge is 0.462 e. The van der Waals surface area contributed by atoms with Gasteiger partial charge in [-0.2, -0.15) is 0 Å². The standard InChI is InChI=1S/C59H100O6/c1-4-7-10-13-16-19-22-25-27-29-31-34-37-40-43-46-49-52-58(61)64-55-56(54-63-57(60)51-48-45-42-39-36-33-24-21-18-15-12-9-6-3)65-59(62)53-50-47-44-41-38-35-32-30-28-26-23-20-17-14-11-8-5-2/h16-17,19-21,24-28,31,34,40,43,56H,4-15,18,22-23,29-30,32-33,35-39,41-42,44-55H2,1-3H3/b19-16-,20-17-,24-21-,27-25-,28-26-,34-31-,43-40-/t56-/m1/s1. The molecular formula is C59H100O6. The van der Waals surface area contributed by atoms with Crippen molar-refractivity contribution in [3.05, 3.63) is 85.1 Å². The Bertz CT molecular complexity index is 1270. The number of hydrogen-bond acceptors (Lipinski definition) is 6. The lowest BCUT2D eigenvalue weighted by Crippen LogP contribution is -2.30. The molecule has 0 rings (SSSR count). The van der Waals surface area contributed by atoms with Crippen molar-refractivity contribution in [2.45, 2.75) is 258 Å². The lowest BCUT2D eigenvalue weighted by molar-refractivity contribution is -0.167. The van der Waals surface area contributed by atoms with Crippen molar-refractivity contribution >= 4 is 17.9 Å². The van der Waals surface area contributed by atoms with E-state index in [1.807, 2.05) is 0 Å². The van der Waals surface area contributed by atoms with Gasteiger partial charge in [-0.1, -0.05) is 202 Å². The van der Waals surface area contributed by atoms with Crippen molar-refractivity contribution in [3.8, 4) is 0 Å². The predicted octanol–water partition coefficient (Wildman–Crippen LogP) is 18.0.